The third-order valence-electron chi connectivity index (χ3n) is 2.82. The summed E-state index contributed by atoms with van der Waals surface area (Å²) in [5, 5.41) is 0. The summed E-state index contributed by atoms with van der Waals surface area (Å²) in [5.74, 6) is -0.172. The van der Waals surface area contributed by atoms with E-state index in [9.17, 15) is 13.2 Å². The van der Waals surface area contributed by atoms with E-state index in [1.54, 1.807) is 0 Å². The normalized spacial score (nSPS) is 11.4. The van der Waals surface area contributed by atoms with E-state index in [0.717, 1.165) is 31.7 Å². The minimum Gasteiger partial charge on any atom is -0.493 e. The topological polar surface area (TPSA) is 35.2 Å². The van der Waals surface area contributed by atoms with Crippen LogP contribution in [0.2, 0.25) is 0 Å². The maximum atomic E-state index is 13.0. The summed E-state index contributed by atoms with van der Waals surface area (Å²) in [7, 11) is 0. The Labute approximate surface area is 122 Å². The number of alkyl halides is 3. The van der Waals surface area contributed by atoms with E-state index in [-0.39, 0.29) is 22.9 Å². The number of unbranched alkanes of at least 4 members (excludes halogenated alkanes) is 3. The van der Waals surface area contributed by atoms with E-state index in [2.05, 4.69) is 6.92 Å². The largest absolute Gasteiger partial charge is 0.493 e. The Hall–Kier alpha value is -1.30. The molecule has 1 aromatic rings. The van der Waals surface area contributed by atoms with Gasteiger partial charge in [-0.05, 0) is 24.6 Å². The van der Waals surface area contributed by atoms with Crippen LogP contribution in [0.1, 0.15) is 43.7 Å². The number of halogens is 3. The standard InChI is InChI=1S/C14H18F3NOS/c1-2-3-4-5-8-19-12-7-6-10(13(18)20)9-11(12)14(15,16)17/h6-7,9H,2-5,8H2,1H3,(H2,18,20). The van der Waals surface area contributed by atoms with Crippen LogP contribution >= 0.6 is 12.2 Å². The Morgan fingerprint density at radius 1 is 1.25 bits per heavy atom. The molecule has 1 rings (SSSR count). The molecule has 0 fully saturated rings. The van der Waals surface area contributed by atoms with Crippen LogP contribution in [0.3, 0.4) is 0 Å². The zero-order valence-electron chi connectivity index (χ0n) is 11.3. The smallest absolute Gasteiger partial charge is 0.419 e. The molecule has 6 heteroatoms. The van der Waals surface area contributed by atoms with Crippen molar-refractivity contribution >= 4 is 17.2 Å². The molecule has 0 saturated heterocycles. The number of rotatable bonds is 7. The van der Waals surface area contributed by atoms with Gasteiger partial charge in [0.25, 0.3) is 0 Å². The van der Waals surface area contributed by atoms with Crippen LogP contribution in [0.4, 0.5) is 13.2 Å². The molecule has 0 unspecified atom stereocenters. The van der Waals surface area contributed by atoms with Gasteiger partial charge >= 0.3 is 6.18 Å². The quantitative estimate of drug-likeness (QED) is 0.602. The van der Waals surface area contributed by atoms with E-state index in [1.807, 2.05) is 0 Å². The van der Waals surface area contributed by atoms with Gasteiger partial charge in [-0.15, -0.1) is 0 Å². The fourth-order valence-corrected chi connectivity index (χ4v) is 1.87. The second-order valence-corrected chi connectivity index (χ2v) is 4.92. The SMILES string of the molecule is CCCCCCOc1ccc(C(N)=S)cc1C(F)(F)F. The van der Waals surface area contributed by atoms with E-state index in [4.69, 9.17) is 22.7 Å². The van der Waals surface area contributed by atoms with Crippen molar-refractivity contribution in [2.75, 3.05) is 6.61 Å². The Morgan fingerprint density at radius 3 is 2.50 bits per heavy atom. The molecular formula is C14H18F3NOS. The third-order valence-corrected chi connectivity index (χ3v) is 3.06. The highest BCUT2D eigenvalue weighted by Crippen LogP contribution is 2.37. The molecule has 2 N–H and O–H groups in total. The third kappa shape index (κ3) is 5.00. The predicted molar refractivity (Wildman–Crippen MR) is 77.0 cm³/mol. The van der Waals surface area contributed by atoms with E-state index in [1.165, 1.54) is 12.1 Å². The van der Waals surface area contributed by atoms with Crippen molar-refractivity contribution < 1.29 is 17.9 Å². The van der Waals surface area contributed by atoms with Gasteiger partial charge in [-0.25, -0.2) is 0 Å². The highest BCUT2D eigenvalue weighted by Gasteiger charge is 2.34. The van der Waals surface area contributed by atoms with Crippen molar-refractivity contribution in [1.82, 2.24) is 0 Å². The molecule has 0 aliphatic rings. The number of nitrogens with two attached hydrogens (primary N) is 1. The summed E-state index contributed by atoms with van der Waals surface area (Å²) < 4.78 is 44.1. The summed E-state index contributed by atoms with van der Waals surface area (Å²) in [6.45, 7) is 2.34. The molecule has 0 atom stereocenters. The Bertz CT molecular complexity index is 460. The van der Waals surface area contributed by atoms with Crippen LogP contribution in [-0.4, -0.2) is 11.6 Å². The van der Waals surface area contributed by atoms with Crippen LogP contribution in [0, 0.1) is 0 Å². The van der Waals surface area contributed by atoms with Gasteiger partial charge in [0.2, 0.25) is 0 Å². The van der Waals surface area contributed by atoms with Gasteiger partial charge in [0.15, 0.2) is 0 Å². The minimum atomic E-state index is -4.49. The van der Waals surface area contributed by atoms with Crippen molar-refractivity contribution in [3.8, 4) is 5.75 Å². The predicted octanol–water partition coefficient (Wildman–Crippen LogP) is 4.30. The zero-order valence-corrected chi connectivity index (χ0v) is 12.1. The van der Waals surface area contributed by atoms with Gasteiger partial charge in [0.05, 0.1) is 12.2 Å². The molecule has 0 bridgehead atoms. The van der Waals surface area contributed by atoms with Crippen molar-refractivity contribution in [1.29, 1.82) is 0 Å². The first-order chi connectivity index (χ1) is 9.36. The lowest BCUT2D eigenvalue weighted by Crippen LogP contribution is -2.14. The maximum Gasteiger partial charge on any atom is 0.419 e. The average molecular weight is 305 g/mol. The molecule has 2 nitrogen and oxygen atoms in total. The van der Waals surface area contributed by atoms with Crippen molar-refractivity contribution in [3.63, 3.8) is 0 Å². The second kappa shape index (κ2) is 7.47. The summed E-state index contributed by atoms with van der Waals surface area (Å²) in [5.41, 5.74) is 4.71. The molecule has 112 valence electrons. The Balaban J connectivity index is 2.81. The molecule has 0 radical (unpaired) electrons. The first kappa shape index (κ1) is 16.8. The molecule has 0 aliphatic carbocycles. The van der Waals surface area contributed by atoms with Gasteiger partial charge in [-0.3, -0.25) is 0 Å². The lowest BCUT2D eigenvalue weighted by atomic mass is 10.1. The monoisotopic (exact) mass is 305 g/mol. The molecule has 0 saturated carbocycles. The van der Waals surface area contributed by atoms with Crippen LogP contribution in [0.5, 0.6) is 5.75 Å². The molecule has 0 aliphatic heterocycles. The van der Waals surface area contributed by atoms with Gasteiger partial charge in [0, 0.05) is 5.56 Å². The summed E-state index contributed by atoms with van der Waals surface area (Å²) in [6, 6.07) is 3.65. The first-order valence-corrected chi connectivity index (χ1v) is 6.91. The molecule has 0 spiro atoms. The van der Waals surface area contributed by atoms with E-state index >= 15 is 0 Å². The molecule has 20 heavy (non-hydrogen) atoms. The van der Waals surface area contributed by atoms with E-state index in [0.29, 0.717) is 0 Å². The van der Waals surface area contributed by atoms with Crippen molar-refractivity contribution in [3.05, 3.63) is 29.3 Å². The summed E-state index contributed by atoms with van der Waals surface area (Å²) in [4.78, 5) is -0.0648. The minimum absolute atomic E-state index is 0.0648. The number of benzene rings is 1. The molecule has 0 heterocycles. The summed E-state index contributed by atoms with van der Waals surface area (Å²) >= 11 is 4.69. The molecular weight excluding hydrogens is 287 g/mol. The van der Waals surface area contributed by atoms with Crippen LogP contribution in [-0.2, 0) is 6.18 Å². The Morgan fingerprint density at radius 2 is 1.95 bits per heavy atom. The Kier molecular flexibility index (Phi) is 6.26. The number of ether oxygens (including phenoxy) is 1. The lowest BCUT2D eigenvalue weighted by molar-refractivity contribution is -0.139. The lowest BCUT2D eigenvalue weighted by Gasteiger charge is -2.15. The number of hydrogen-bond acceptors (Lipinski definition) is 2. The average Bonchev–Trinajstić information content (AvgIpc) is 2.37. The van der Waals surface area contributed by atoms with Crippen molar-refractivity contribution in [2.24, 2.45) is 5.73 Å². The number of thiocarbonyl (C=S) groups is 1. The maximum absolute atomic E-state index is 13.0. The fourth-order valence-electron chi connectivity index (χ4n) is 1.74. The van der Waals surface area contributed by atoms with Crippen molar-refractivity contribution in [2.45, 2.75) is 38.8 Å². The van der Waals surface area contributed by atoms with Crippen LogP contribution in [0.15, 0.2) is 18.2 Å². The van der Waals surface area contributed by atoms with E-state index < -0.39 is 11.7 Å². The summed E-state index contributed by atoms with van der Waals surface area (Å²) in [6.07, 6.45) is -0.684. The van der Waals surface area contributed by atoms with Gasteiger partial charge in [-0.2, -0.15) is 13.2 Å². The molecule has 0 aromatic heterocycles. The fraction of sp³-hybridized carbons (Fsp3) is 0.500. The van der Waals surface area contributed by atoms with Crippen LogP contribution < -0.4 is 10.5 Å². The molecule has 0 amide bonds. The zero-order chi connectivity index (χ0) is 15.2. The van der Waals surface area contributed by atoms with Gasteiger partial charge in [-0.1, -0.05) is 38.4 Å². The van der Waals surface area contributed by atoms with Gasteiger partial charge in [0.1, 0.15) is 10.7 Å². The molecule has 1 aromatic carbocycles. The van der Waals surface area contributed by atoms with Crippen LogP contribution in [0.25, 0.3) is 0 Å². The second-order valence-electron chi connectivity index (χ2n) is 4.48. The highest BCUT2D eigenvalue weighted by molar-refractivity contribution is 7.80. The van der Waals surface area contributed by atoms with Gasteiger partial charge < -0.3 is 10.5 Å². The number of hydrogen-bond donors (Lipinski definition) is 1. The first-order valence-electron chi connectivity index (χ1n) is 6.50. The highest BCUT2D eigenvalue weighted by atomic mass is 32.1.